The zero-order valence-electron chi connectivity index (χ0n) is 24.6. The molecule has 1 aromatic heterocycles. The Hall–Kier alpha value is -3.39. The molecule has 0 bridgehead atoms. The van der Waals surface area contributed by atoms with E-state index in [4.69, 9.17) is 4.74 Å². The van der Waals surface area contributed by atoms with Gasteiger partial charge in [0.05, 0.1) is 31.6 Å². The number of urea groups is 1. The number of methoxy groups -OCH3 is 1. The molecule has 0 saturated carbocycles. The largest absolute Gasteiger partial charge is 0.497 e. The van der Waals surface area contributed by atoms with Gasteiger partial charge in [0.25, 0.3) is 0 Å². The number of nitrogens with one attached hydrogen (secondary N) is 1. The molecule has 2 fully saturated rings. The molecule has 2 aliphatic rings. The minimum absolute atomic E-state index is 0.0773. The van der Waals surface area contributed by atoms with Crippen LogP contribution < -0.4 is 9.64 Å². The topological polar surface area (TPSA) is 64.7 Å². The van der Waals surface area contributed by atoms with E-state index >= 15 is 0 Å². The zero-order chi connectivity index (χ0) is 28.7. The third kappa shape index (κ3) is 7.22. The molecule has 40 heavy (non-hydrogen) atoms. The third-order valence-corrected chi connectivity index (χ3v) is 8.03. The van der Waals surface area contributed by atoms with Gasteiger partial charge in [-0.05, 0) is 81.0 Å². The SMILES string of the molecule is CC(C)CCC(C)F.COc1cccc(CN2C(=O)N(c3ccc(-c4cn[nH]c4)cc3)CC23CCN(C)CC3)c1. The molecule has 2 aromatic carbocycles. The molecule has 3 aromatic rings. The van der Waals surface area contributed by atoms with E-state index in [0.29, 0.717) is 19.0 Å². The Morgan fingerprint density at radius 2 is 1.77 bits per heavy atom. The second-order valence-electron chi connectivity index (χ2n) is 11.6. The van der Waals surface area contributed by atoms with E-state index in [-0.39, 0.29) is 11.6 Å². The molecule has 2 aliphatic heterocycles. The second kappa shape index (κ2) is 13.3. The molecule has 1 N–H and O–H groups in total. The maximum Gasteiger partial charge on any atom is 0.325 e. The van der Waals surface area contributed by atoms with Crippen LogP contribution in [-0.2, 0) is 6.54 Å². The van der Waals surface area contributed by atoms with Crippen LogP contribution in [0.2, 0.25) is 0 Å². The normalized spacial score (nSPS) is 17.7. The van der Waals surface area contributed by atoms with Gasteiger partial charge in [-0.1, -0.05) is 38.1 Å². The van der Waals surface area contributed by atoms with Gasteiger partial charge in [-0.2, -0.15) is 5.10 Å². The van der Waals surface area contributed by atoms with Crippen molar-refractivity contribution >= 4 is 11.7 Å². The van der Waals surface area contributed by atoms with E-state index in [0.717, 1.165) is 66.9 Å². The molecule has 5 rings (SSSR count). The summed E-state index contributed by atoms with van der Waals surface area (Å²) < 4.78 is 17.5. The molecular formula is C32H44FN5O2. The quantitative estimate of drug-likeness (QED) is 0.337. The van der Waals surface area contributed by atoms with Crippen molar-refractivity contribution in [1.82, 2.24) is 20.0 Å². The lowest BCUT2D eigenvalue weighted by Crippen LogP contribution is -2.53. The van der Waals surface area contributed by atoms with Crippen molar-refractivity contribution in [3.8, 4) is 16.9 Å². The van der Waals surface area contributed by atoms with E-state index in [1.807, 2.05) is 41.4 Å². The predicted octanol–water partition coefficient (Wildman–Crippen LogP) is 6.77. The molecule has 0 radical (unpaired) electrons. The number of aromatic nitrogens is 2. The van der Waals surface area contributed by atoms with E-state index in [9.17, 15) is 9.18 Å². The van der Waals surface area contributed by atoms with Gasteiger partial charge in [0.15, 0.2) is 0 Å². The number of carbonyl (C=O) groups is 1. The maximum atomic E-state index is 13.7. The number of hydrogen-bond donors (Lipinski definition) is 1. The first kappa shape index (κ1) is 29.6. The van der Waals surface area contributed by atoms with Crippen LogP contribution in [0.1, 0.15) is 52.0 Å². The minimum atomic E-state index is -0.614. The Kier molecular flexibility index (Phi) is 9.85. The Labute approximate surface area is 238 Å². The van der Waals surface area contributed by atoms with E-state index in [1.54, 1.807) is 20.2 Å². The highest BCUT2D eigenvalue weighted by molar-refractivity contribution is 5.95. The number of carbonyl (C=O) groups excluding carboxylic acids is 1. The number of aromatic amines is 1. The summed E-state index contributed by atoms with van der Waals surface area (Å²) in [5.41, 5.74) is 3.99. The molecule has 216 valence electrons. The highest BCUT2D eigenvalue weighted by Gasteiger charge is 2.50. The van der Waals surface area contributed by atoms with Gasteiger partial charge in [0.2, 0.25) is 0 Å². The molecule has 2 amide bonds. The highest BCUT2D eigenvalue weighted by Crippen LogP contribution is 2.39. The summed E-state index contributed by atoms with van der Waals surface area (Å²) in [6.45, 7) is 9.13. The first-order chi connectivity index (χ1) is 19.2. The number of halogens is 1. The monoisotopic (exact) mass is 549 g/mol. The number of anilines is 1. The summed E-state index contributed by atoms with van der Waals surface area (Å²) in [7, 11) is 3.83. The fourth-order valence-electron chi connectivity index (χ4n) is 5.45. The molecular weight excluding hydrogens is 505 g/mol. The van der Waals surface area contributed by atoms with Crippen molar-refractivity contribution in [1.29, 1.82) is 0 Å². The number of alkyl halides is 1. The van der Waals surface area contributed by atoms with Gasteiger partial charge in [-0.3, -0.25) is 10.00 Å². The van der Waals surface area contributed by atoms with Gasteiger partial charge in [0.1, 0.15) is 5.75 Å². The van der Waals surface area contributed by atoms with Crippen molar-refractivity contribution < 1.29 is 13.9 Å². The molecule has 8 heteroatoms. The van der Waals surface area contributed by atoms with Crippen LogP contribution in [-0.4, -0.2) is 71.5 Å². The van der Waals surface area contributed by atoms with Crippen LogP contribution in [0.25, 0.3) is 11.1 Å². The van der Waals surface area contributed by atoms with E-state index in [1.165, 1.54) is 0 Å². The van der Waals surface area contributed by atoms with Crippen LogP contribution in [0.15, 0.2) is 60.9 Å². The number of H-pyrrole nitrogens is 1. The Morgan fingerprint density at radius 1 is 1.05 bits per heavy atom. The number of likely N-dealkylation sites (tertiary alicyclic amines) is 1. The molecule has 1 unspecified atom stereocenters. The summed E-state index contributed by atoms with van der Waals surface area (Å²) in [4.78, 5) is 20.1. The van der Waals surface area contributed by atoms with Gasteiger partial charge < -0.3 is 14.5 Å². The van der Waals surface area contributed by atoms with Crippen LogP contribution >= 0.6 is 0 Å². The van der Waals surface area contributed by atoms with Gasteiger partial charge in [-0.25, -0.2) is 9.18 Å². The lowest BCUT2D eigenvalue weighted by Gasteiger charge is -2.42. The van der Waals surface area contributed by atoms with Crippen molar-refractivity contribution in [2.24, 2.45) is 5.92 Å². The summed E-state index contributed by atoms with van der Waals surface area (Å²) in [5, 5.41) is 6.88. The smallest absolute Gasteiger partial charge is 0.325 e. The second-order valence-corrected chi connectivity index (χ2v) is 11.6. The van der Waals surface area contributed by atoms with Crippen LogP contribution in [0.3, 0.4) is 0 Å². The van der Waals surface area contributed by atoms with Gasteiger partial charge >= 0.3 is 6.03 Å². The van der Waals surface area contributed by atoms with Crippen molar-refractivity contribution in [2.45, 2.75) is 64.7 Å². The van der Waals surface area contributed by atoms with Crippen molar-refractivity contribution in [3.05, 3.63) is 66.5 Å². The zero-order valence-corrected chi connectivity index (χ0v) is 24.6. The lowest BCUT2D eigenvalue weighted by molar-refractivity contribution is 0.0825. The fraction of sp³-hybridized carbons (Fsp3) is 0.500. The number of hydrogen-bond acceptors (Lipinski definition) is 4. The predicted molar refractivity (Wildman–Crippen MR) is 159 cm³/mol. The van der Waals surface area contributed by atoms with Crippen LogP contribution in [0.4, 0.5) is 14.9 Å². The van der Waals surface area contributed by atoms with Gasteiger partial charge in [0, 0.05) is 37.1 Å². The first-order valence-corrected chi connectivity index (χ1v) is 14.3. The van der Waals surface area contributed by atoms with Crippen LogP contribution in [0.5, 0.6) is 5.75 Å². The van der Waals surface area contributed by atoms with Gasteiger partial charge in [-0.15, -0.1) is 0 Å². The Morgan fingerprint density at radius 3 is 2.35 bits per heavy atom. The fourth-order valence-corrected chi connectivity index (χ4v) is 5.45. The molecule has 1 spiro atoms. The summed E-state index contributed by atoms with van der Waals surface area (Å²) in [6, 6.07) is 16.3. The Bertz CT molecular complexity index is 1200. The number of benzene rings is 2. The molecule has 7 nitrogen and oxygen atoms in total. The average molecular weight is 550 g/mol. The third-order valence-electron chi connectivity index (χ3n) is 8.03. The number of nitrogens with zero attached hydrogens (tertiary/aromatic N) is 4. The minimum Gasteiger partial charge on any atom is -0.497 e. The summed E-state index contributed by atoms with van der Waals surface area (Å²) in [6.07, 6.45) is 6.75. The number of ether oxygens (including phenoxy) is 1. The molecule has 0 aliphatic carbocycles. The molecule has 3 heterocycles. The van der Waals surface area contributed by atoms with Crippen molar-refractivity contribution in [2.75, 3.05) is 38.7 Å². The number of amides is 2. The lowest BCUT2D eigenvalue weighted by atomic mass is 9.86. The van der Waals surface area contributed by atoms with Crippen LogP contribution in [0, 0.1) is 5.92 Å². The molecule has 1 atom stereocenters. The number of rotatable bonds is 8. The summed E-state index contributed by atoms with van der Waals surface area (Å²) in [5.74, 6) is 1.46. The average Bonchev–Trinajstić information content (AvgIpc) is 3.58. The van der Waals surface area contributed by atoms with E-state index < -0.39 is 6.17 Å². The summed E-state index contributed by atoms with van der Waals surface area (Å²) >= 11 is 0. The Balaban J connectivity index is 0.000000406. The van der Waals surface area contributed by atoms with Crippen molar-refractivity contribution in [3.63, 3.8) is 0 Å². The standard InChI is InChI=1S/C25H29N5O2.C7H15F/c1-28-12-10-25(11-13-28)18-29(22-8-6-20(7-9-22)21-15-26-27-16-21)24(31)30(25)17-19-4-3-5-23(14-19)32-2;1-6(2)4-5-7(3)8/h3-9,14-16H,10-13,17-18H2,1-2H3,(H,26,27);6-7H,4-5H2,1-3H3. The van der Waals surface area contributed by atoms with E-state index in [2.05, 4.69) is 59.1 Å². The first-order valence-electron chi connectivity index (χ1n) is 14.3. The number of piperidine rings is 1. The highest BCUT2D eigenvalue weighted by atomic mass is 19.1. The molecule has 2 saturated heterocycles. The maximum absolute atomic E-state index is 13.7.